The van der Waals surface area contributed by atoms with Crippen molar-refractivity contribution in [2.24, 2.45) is 34.6 Å². The molecule has 1 aromatic heterocycles. The van der Waals surface area contributed by atoms with Gasteiger partial charge in [-0.05, 0) is 138 Å². The third-order valence-corrected chi connectivity index (χ3v) is 22.6. The molecule has 2 heterocycles. The molecule has 1 aliphatic rings. The number of aromatic hydroxyl groups is 1. The highest BCUT2D eigenvalue weighted by molar-refractivity contribution is 7.80. The van der Waals surface area contributed by atoms with Gasteiger partial charge < -0.3 is 155 Å². The van der Waals surface area contributed by atoms with Gasteiger partial charge in [0, 0.05) is 74.0 Å². The van der Waals surface area contributed by atoms with E-state index in [2.05, 4.69) is 121 Å². The van der Waals surface area contributed by atoms with Gasteiger partial charge in [0.25, 0.3) is 0 Å². The van der Waals surface area contributed by atoms with Gasteiger partial charge in [-0.2, -0.15) is 25.3 Å². The van der Waals surface area contributed by atoms with Gasteiger partial charge in [-0.25, -0.2) is 4.79 Å². The minimum atomic E-state index is -1.89. The van der Waals surface area contributed by atoms with E-state index in [1.54, 1.807) is 74.6 Å². The number of para-hydroxylation sites is 1. The van der Waals surface area contributed by atoms with Crippen LogP contribution in [-0.4, -0.2) is 309 Å². The molecule has 50 nitrogen and oxygen atoms in total. The minimum Gasteiger partial charge on any atom is -0.508 e. The number of nitrogens with two attached hydrogens (primary N) is 5. The molecule has 764 valence electrons. The molecule has 1 saturated heterocycles. The third kappa shape index (κ3) is 41.0. The lowest BCUT2D eigenvalue weighted by Gasteiger charge is -2.31. The number of hydrogen-bond acceptors (Lipinski definition) is 27. The summed E-state index contributed by atoms with van der Waals surface area (Å²) in [6, 6.07) is -1.41. The summed E-state index contributed by atoms with van der Waals surface area (Å²) in [5.74, 6) is -20.3. The van der Waals surface area contributed by atoms with Crippen molar-refractivity contribution in [3.05, 3.63) is 102 Å². The van der Waals surface area contributed by atoms with Crippen LogP contribution in [0.5, 0.6) is 5.75 Å². The number of carbonyl (C=O) groups is 18. The van der Waals surface area contributed by atoms with Crippen molar-refractivity contribution in [3.8, 4) is 5.75 Å². The predicted molar refractivity (Wildman–Crippen MR) is 514 cm³/mol. The number of phenols is 1. The van der Waals surface area contributed by atoms with Crippen LogP contribution in [0.4, 0.5) is 0 Å². The van der Waals surface area contributed by atoms with Crippen LogP contribution in [0.3, 0.4) is 0 Å². The fourth-order valence-electron chi connectivity index (χ4n) is 14.4. The van der Waals surface area contributed by atoms with Gasteiger partial charge in [0.1, 0.15) is 90.3 Å². The van der Waals surface area contributed by atoms with Crippen molar-refractivity contribution < 1.29 is 107 Å². The molecule has 0 saturated carbocycles. The number of aromatic nitrogens is 1. The second kappa shape index (κ2) is 59.8. The van der Waals surface area contributed by atoms with Crippen molar-refractivity contribution in [2.75, 3.05) is 63.9 Å². The summed E-state index contributed by atoms with van der Waals surface area (Å²) < 4.78 is 0. The Morgan fingerprint density at radius 3 is 1.40 bits per heavy atom. The molecule has 16 amide bonds. The summed E-state index contributed by atoms with van der Waals surface area (Å²) in [4.78, 5) is 253. The molecule has 0 radical (unpaired) electrons. The van der Waals surface area contributed by atoms with Crippen molar-refractivity contribution >= 4 is 160 Å². The number of amides is 16. The van der Waals surface area contributed by atoms with E-state index in [1.807, 2.05) is 5.32 Å². The lowest BCUT2D eigenvalue weighted by molar-refractivity contribution is -0.147. The fourth-order valence-corrected chi connectivity index (χ4v) is 14.8. The van der Waals surface area contributed by atoms with Crippen molar-refractivity contribution in [1.82, 2.24) is 106 Å². The number of benzene rings is 3. The van der Waals surface area contributed by atoms with E-state index in [0.29, 0.717) is 34.0 Å². The molecule has 139 heavy (non-hydrogen) atoms. The maximum Gasteiger partial charge on any atom is 0.326 e. The number of nitrogens with one attached hydrogen (secondary N) is 22. The van der Waals surface area contributed by atoms with Crippen LogP contribution in [0.2, 0.25) is 0 Å². The number of aliphatic hydroxyl groups is 1. The van der Waals surface area contributed by atoms with Crippen LogP contribution >= 0.6 is 25.3 Å². The van der Waals surface area contributed by atoms with Crippen LogP contribution in [-0.2, 0) is 106 Å². The molecule has 1 fully saturated rings. The highest BCUT2D eigenvalue weighted by Crippen LogP contribution is 2.23. The number of carboxylic acid groups (broad SMARTS) is 2. The van der Waals surface area contributed by atoms with Gasteiger partial charge in [-0.1, -0.05) is 74.5 Å². The Kier molecular flexibility index (Phi) is 49.6. The van der Waals surface area contributed by atoms with Crippen molar-refractivity contribution in [3.63, 3.8) is 0 Å². The number of aromatic amines is 1. The number of hydrogen-bond donors (Lipinski definition) is 33. The Bertz CT molecular complexity index is 4900. The van der Waals surface area contributed by atoms with E-state index in [9.17, 15) is 107 Å². The third-order valence-electron chi connectivity index (χ3n) is 21.8. The zero-order chi connectivity index (χ0) is 103. The number of carboxylic acids is 2. The molecule has 1 aliphatic heterocycles. The Labute approximate surface area is 812 Å². The number of nitrogens with zero attached hydrogens (tertiary/aromatic N) is 1. The fraction of sp³-hybridized carbons (Fsp3) is 0.529. The summed E-state index contributed by atoms with van der Waals surface area (Å²) in [7, 11) is 0. The van der Waals surface area contributed by atoms with E-state index in [0.717, 1.165) is 11.8 Å². The van der Waals surface area contributed by atoms with Crippen LogP contribution in [0.1, 0.15) is 128 Å². The van der Waals surface area contributed by atoms with E-state index >= 15 is 0 Å². The molecule has 0 spiro atoms. The number of thiol groups is 2. The number of phenolic OH excluding ortho intramolecular Hbond substituents is 1. The lowest BCUT2D eigenvalue weighted by atomic mass is 10.00. The summed E-state index contributed by atoms with van der Waals surface area (Å²) in [6.45, 7) is 3.45. The zero-order valence-electron chi connectivity index (χ0n) is 77.6. The molecule has 4 aromatic rings. The minimum absolute atomic E-state index is 0.00263. The standard InChI is InChI=1S/C87H132N28O22S2/c1-45(2)34-59(110-78(130)61(35-48-16-6-5-7-17-48)104-68(119)41-100-67(118)40-101-73(125)60(109-72(124)53(89)43-138)36-49-25-27-51(117)28-26-49)77(129)107-57(23-14-32-98-87(94)95)76(128)105-55(21-12-30-96-85(90)91)74(126)103-47(4)71(123)114-65(44-139)81(133)108-58(20-10-11-29-88)83(135)115-33-15-24-66(115)82(134)113-64(42-116)80(132)111-62(37-50-39-99-54-19-9-8-18-52(50)54)79(131)106-56(22-13-31-97-86(92)93)75(127)102-46(3)70(122)112-63(84(136)137)38-69(120)121/h5-9,16-19,25-28,39,45-47,53,55-66,99,116-117,138-139H,10-15,20-24,29-38,40-44,88-89H2,1-4H3,(H,100,118)(H,101,125)(H,102,127)(H,103,126)(H,104,119)(H,105,128)(H,106,131)(H,107,129)(H,108,133)(H,109,124)(H,110,130)(H,111,132)(H,112,122)(H,113,134)(H,114,123)(H,120,121)(H,136,137)(H4,90,91,96)(H4,92,93,97)(H4,94,95,98)/t46-,47-,53-,55-,56-,57-,58-,59-,60-,61-,62-,63-,64-,65-,66-/m0/s1. The number of rotatable bonds is 61. The number of unbranched alkanes of at least 4 members (excludes halogenated alkanes) is 1. The summed E-state index contributed by atoms with van der Waals surface area (Å²) in [5.41, 5.74) is 30.4. The zero-order valence-corrected chi connectivity index (χ0v) is 79.4. The maximum absolute atomic E-state index is 14.9. The number of H-pyrrole nitrogens is 1. The van der Waals surface area contributed by atoms with E-state index in [-0.39, 0.29) is 140 Å². The van der Waals surface area contributed by atoms with Gasteiger partial charge in [0.05, 0.1) is 32.2 Å². The molecule has 36 N–H and O–H groups in total. The molecule has 0 aliphatic carbocycles. The van der Waals surface area contributed by atoms with Gasteiger partial charge in [-0.15, -0.1) is 0 Å². The molecule has 5 rings (SSSR count). The highest BCUT2D eigenvalue weighted by Gasteiger charge is 2.42. The Balaban J connectivity index is 1.31. The van der Waals surface area contributed by atoms with Crippen LogP contribution in [0.25, 0.3) is 10.9 Å². The molecular formula is C87H132N28O22S2. The van der Waals surface area contributed by atoms with E-state index in [4.69, 9.17) is 44.9 Å². The number of aliphatic hydroxyl groups excluding tert-OH is 1. The molecule has 0 unspecified atom stereocenters. The molecule has 0 bridgehead atoms. The monoisotopic (exact) mass is 1980 g/mol. The number of carbonyl (C=O) groups excluding carboxylic acids is 16. The van der Waals surface area contributed by atoms with Gasteiger partial charge in [-0.3, -0.25) is 97.7 Å². The normalized spacial score (nSPS) is 15.2. The Morgan fingerprint density at radius 1 is 0.453 bits per heavy atom. The number of likely N-dealkylation sites (tertiary alicyclic amines) is 1. The van der Waals surface area contributed by atoms with Crippen LogP contribution < -0.4 is 124 Å². The van der Waals surface area contributed by atoms with Crippen LogP contribution in [0.15, 0.2) is 85.1 Å². The smallest absolute Gasteiger partial charge is 0.326 e. The van der Waals surface area contributed by atoms with Gasteiger partial charge >= 0.3 is 11.9 Å². The first-order chi connectivity index (χ1) is 65.9. The molecule has 52 heteroatoms. The van der Waals surface area contributed by atoms with E-state index in [1.165, 1.54) is 31.2 Å². The quantitative estimate of drug-likeness (QED) is 0.00845. The summed E-state index contributed by atoms with van der Waals surface area (Å²) >= 11 is 8.38. The first kappa shape index (κ1) is 115. The van der Waals surface area contributed by atoms with Crippen molar-refractivity contribution in [2.45, 2.75) is 221 Å². The molecular weight excluding hydrogens is 1850 g/mol. The average molecular weight is 1990 g/mol. The molecule has 3 aromatic carbocycles. The first-order valence-electron chi connectivity index (χ1n) is 45.1. The number of fused-ring (bicyclic) bond motifs is 1. The van der Waals surface area contributed by atoms with Crippen molar-refractivity contribution in [1.29, 1.82) is 16.2 Å². The van der Waals surface area contributed by atoms with Gasteiger partial charge in [0.15, 0.2) is 17.9 Å². The highest BCUT2D eigenvalue weighted by atomic mass is 32.1. The van der Waals surface area contributed by atoms with Crippen LogP contribution in [0, 0.1) is 22.1 Å². The number of aliphatic carboxylic acids is 2. The lowest BCUT2D eigenvalue weighted by Crippen LogP contribution is -2.61. The maximum atomic E-state index is 14.9. The second-order valence-electron chi connectivity index (χ2n) is 33.5. The SMILES string of the molecule is CC(C)C[C@H](NC(=O)[C@H](Cc1ccccc1)NC(=O)CNC(=O)CNC(=O)[C@H](Cc1ccc(O)cc1)NC(=O)[C@@H](N)CS)C(=O)N[C@@H](CCCNC(=N)N)C(=O)N[C@@H](CCCNC(=N)N)C(=O)N[C@@H](C)C(=O)N[C@@H](CS)C(=O)N[C@@H](CCCCN)C(=O)N1CCC[C@H]1C(=O)N[C@@H](CO)C(=O)N[C@@H](Cc1c[nH]c2ccccc12)C(=O)N[C@@H](CCCNC(=N)N)C(=O)N[C@@H](C)C(=O)N[C@@H](CC(=O)O)C(=O)O. The second-order valence-corrected chi connectivity index (χ2v) is 34.2. The topological polar surface area (TPSA) is 825 Å². The molecule has 15 atom stereocenters. The Morgan fingerprint density at radius 2 is 0.892 bits per heavy atom. The summed E-state index contributed by atoms with van der Waals surface area (Å²) in [5, 5.41) is 108. The summed E-state index contributed by atoms with van der Waals surface area (Å²) in [6.07, 6.45) is 0.171. The number of guanidine groups is 3. The average Bonchev–Trinajstić information content (AvgIpc) is 1.68. The first-order valence-corrected chi connectivity index (χ1v) is 46.3. The largest absolute Gasteiger partial charge is 0.508 e. The predicted octanol–water partition coefficient (Wildman–Crippen LogP) is -7.83. The van der Waals surface area contributed by atoms with Gasteiger partial charge in [0.2, 0.25) is 94.5 Å². The Hall–Kier alpha value is -14.2. The van der Waals surface area contributed by atoms with E-state index < -0.39 is 247 Å².